The molecule has 0 aliphatic heterocycles. The van der Waals surface area contributed by atoms with Gasteiger partial charge in [0.1, 0.15) is 0 Å². The van der Waals surface area contributed by atoms with E-state index in [1.165, 1.54) is 0 Å². The first kappa shape index (κ1) is 12.6. The summed E-state index contributed by atoms with van der Waals surface area (Å²) in [6.07, 6.45) is 0. The van der Waals surface area contributed by atoms with Gasteiger partial charge in [-0.25, -0.2) is 0 Å². The molecule has 0 unspecified atom stereocenters. The Morgan fingerprint density at radius 3 is 1.29 bits per heavy atom. The molecule has 0 aliphatic rings. The Morgan fingerprint density at radius 1 is 0.647 bits per heavy atom. The van der Waals surface area contributed by atoms with Crippen LogP contribution in [-0.4, -0.2) is 3.42 Å². The minimum atomic E-state index is -1.34. The monoisotopic (exact) mass is 338 g/mol. The van der Waals surface area contributed by atoms with Crippen LogP contribution in [0.25, 0.3) is 0 Å². The fourth-order valence-electron chi connectivity index (χ4n) is 1.86. The standard InChI is InChI=1S/C16H19I/c1-16(2,3)17(14-10-6-4-7-11-14)15-12-8-5-9-13-15/h4-13H,1-3H3. The molecule has 0 N–H and O–H groups in total. The van der Waals surface area contributed by atoms with E-state index in [-0.39, 0.29) is 0 Å². The number of halogens is 1. The van der Waals surface area contributed by atoms with Crippen molar-refractivity contribution in [3.05, 3.63) is 67.8 Å². The second-order valence-corrected chi connectivity index (χ2v) is 12.3. The van der Waals surface area contributed by atoms with Crippen molar-refractivity contribution in [1.82, 2.24) is 0 Å². The fraction of sp³-hybridized carbons (Fsp3) is 0.250. The van der Waals surface area contributed by atoms with Gasteiger partial charge in [0.2, 0.25) is 0 Å². The third-order valence-corrected chi connectivity index (χ3v) is 9.64. The average Bonchev–Trinajstić information content (AvgIpc) is 2.30. The van der Waals surface area contributed by atoms with Crippen LogP contribution in [0.15, 0.2) is 60.7 Å². The Hall–Kier alpha value is -0.830. The Morgan fingerprint density at radius 2 is 1.00 bits per heavy atom. The van der Waals surface area contributed by atoms with Crippen LogP contribution in [0.5, 0.6) is 0 Å². The third kappa shape index (κ3) is 3.09. The van der Waals surface area contributed by atoms with Crippen molar-refractivity contribution in [2.24, 2.45) is 0 Å². The van der Waals surface area contributed by atoms with Crippen molar-refractivity contribution in [3.8, 4) is 0 Å². The van der Waals surface area contributed by atoms with E-state index in [1.54, 1.807) is 7.14 Å². The summed E-state index contributed by atoms with van der Waals surface area (Å²) in [5.74, 6) is 0. The molecule has 2 rings (SSSR count). The van der Waals surface area contributed by atoms with Gasteiger partial charge in [0.15, 0.2) is 0 Å². The molecule has 0 fully saturated rings. The van der Waals surface area contributed by atoms with Gasteiger partial charge in [0.05, 0.1) is 0 Å². The molecule has 0 saturated heterocycles. The van der Waals surface area contributed by atoms with Crippen LogP contribution in [0.1, 0.15) is 20.8 Å². The van der Waals surface area contributed by atoms with Crippen molar-refractivity contribution >= 4 is 19.8 Å². The summed E-state index contributed by atoms with van der Waals surface area (Å²) in [6, 6.07) is 22.0. The van der Waals surface area contributed by atoms with Crippen LogP contribution in [-0.2, 0) is 0 Å². The molecule has 1 heteroatoms. The first-order valence-electron chi connectivity index (χ1n) is 5.89. The Labute approximate surface area is 111 Å². The molecule has 0 bridgehead atoms. The molecule has 0 saturated carbocycles. The van der Waals surface area contributed by atoms with Crippen molar-refractivity contribution in [2.45, 2.75) is 24.2 Å². The SMILES string of the molecule is CC(C)(C)I(c1ccccc1)c1ccccc1. The van der Waals surface area contributed by atoms with Crippen molar-refractivity contribution in [2.75, 3.05) is 0 Å². The molecule has 0 nitrogen and oxygen atoms in total. The molecule has 0 aliphatic carbocycles. The number of rotatable bonds is 2. The summed E-state index contributed by atoms with van der Waals surface area (Å²) >= 11 is -1.34. The minimum absolute atomic E-state index is 0.382. The van der Waals surface area contributed by atoms with E-state index >= 15 is 0 Å². The molecule has 0 radical (unpaired) electrons. The van der Waals surface area contributed by atoms with E-state index in [0.717, 1.165) is 0 Å². The van der Waals surface area contributed by atoms with Gasteiger partial charge < -0.3 is 0 Å². The first-order chi connectivity index (χ1) is 8.09. The van der Waals surface area contributed by atoms with Crippen LogP contribution < -0.4 is 0 Å². The summed E-state index contributed by atoms with van der Waals surface area (Å²) < 4.78 is 3.48. The van der Waals surface area contributed by atoms with Gasteiger partial charge in [-0.1, -0.05) is 0 Å². The molecule has 17 heavy (non-hydrogen) atoms. The second-order valence-electron chi connectivity index (χ2n) is 4.94. The zero-order valence-electron chi connectivity index (χ0n) is 10.7. The Bertz CT molecular complexity index is 414. The summed E-state index contributed by atoms with van der Waals surface area (Å²) in [7, 11) is 0. The molecule has 2 aromatic carbocycles. The summed E-state index contributed by atoms with van der Waals surface area (Å²) in [5, 5.41) is 0. The number of alkyl halides is 1. The maximum atomic E-state index is 2.37. The molecule has 0 aromatic heterocycles. The van der Waals surface area contributed by atoms with E-state index in [4.69, 9.17) is 0 Å². The first-order valence-corrected chi connectivity index (χ1v) is 9.12. The molecular formula is C16H19I. The van der Waals surface area contributed by atoms with E-state index in [0.29, 0.717) is 3.42 Å². The average molecular weight is 338 g/mol. The van der Waals surface area contributed by atoms with Crippen LogP contribution in [0, 0.1) is 7.14 Å². The van der Waals surface area contributed by atoms with Gasteiger partial charge in [-0.15, -0.1) is 0 Å². The molecule has 0 heterocycles. The van der Waals surface area contributed by atoms with Crippen LogP contribution in [0.2, 0.25) is 0 Å². The molecular weight excluding hydrogens is 319 g/mol. The normalized spacial score (nSPS) is 12.3. The topological polar surface area (TPSA) is 0 Å². The van der Waals surface area contributed by atoms with E-state index < -0.39 is 19.8 Å². The molecule has 0 atom stereocenters. The van der Waals surface area contributed by atoms with Gasteiger partial charge in [-0.05, 0) is 0 Å². The third-order valence-electron chi connectivity index (χ3n) is 2.47. The zero-order chi connectivity index (χ0) is 12.3. The summed E-state index contributed by atoms with van der Waals surface area (Å²) in [6.45, 7) is 7.12. The van der Waals surface area contributed by atoms with E-state index in [9.17, 15) is 0 Å². The summed E-state index contributed by atoms with van der Waals surface area (Å²) in [4.78, 5) is 0. The van der Waals surface area contributed by atoms with E-state index in [2.05, 4.69) is 81.4 Å². The van der Waals surface area contributed by atoms with Crippen LogP contribution in [0.3, 0.4) is 0 Å². The molecule has 0 amide bonds. The summed E-state index contributed by atoms with van der Waals surface area (Å²) in [5.41, 5.74) is 0. The number of benzene rings is 2. The van der Waals surface area contributed by atoms with Gasteiger partial charge in [-0.2, -0.15) is 0 Å². The molecule has 0 spiro atoms. The maximum absolute atomic E-state index is 2.37. The van der Waals surface area contributed by atoms with Crippen LogP contribution in [0.4, 0.5) is 0 Å². The van der Waals surface area contributed by atoms with Crippen molar-refractivity contribution in [3.63, 3.8) is 0 Å². The van der Waals surface area contributed by atoms with Gasteiger partial charge in [0.25, 0.3) is 0 Å². The van der Waals surface area contributed by atoms with Gasteiger partial charge in [-0.3, -0.25) is 0 Å². The predicted molar refractivity (Wildman–Crippen MR) is 84.1 cm³/mol. The van der Waals surface area contributed by atoms with Crippen molar-refractivity contribution in [1.29, 1.82) is 0 Å². The Balaban J connectivity index is 2.48. The molecule has 2 aromatic rings. The van der Waals surface area contributed by atoms with Gasteiger partial charge >= 0.3 is 112 Å². The van der Waals surface area contributed by atoms with Crippen molar-refractivity contribution < 1.29 is 0 Å². The van der Waals surface area contributed by atoms with Crippen LogP contribution >= 0.6 is 19.8 Å². The molecule has 90 valence electrons. The fourth-order valence-corrected chi connectivity index (χ4v) is 8.59. The number of hydrogen-bond donors (Lipinski definition) is 0. The quantitative estimate of drug-likeness (QED) is 0.532. The predicted octanol–water partition coefficient (Wildman–Crippen LogP) is 5.03. The zero-order valence-corrected chi connectivity index (χ0v) is 12.8. The Kier molecular flexibility index (Phi) is 3.87. The number of hydrogen-bond acceptors (Lipinski definition) is 0. The second kappa shape index (κ2) is 5.21. The van der Waals surface area contributed by atoms with E-state index in [1.807, 2.05) is 0 Å². The van der Waals surface area contributed by atoms with Gasteiger partial charge in [0, 0.05) is 0 Å².